The molecule has 0 N–H and O–H groups in total. The monoisotopic (exact) mass is 430 g/mol. The number of aryl methyl sites for hydroxylation is 2. The largest absolute Gasteiger partial charge is 0.380 e. The Labute approximate surface area is 165 Å². The van der Waals surface area contributed by atoms with Gasteiger partial charge < -0.3 is 9.30 Å². The summed E-state index contributed by atoms with van der Waals surface area (Å²) in [6.07, 6.45) is 0. The highest BCUT2D eigenvalue weighted by molar-refractivity contribution is 7.92. The molecule has 1 aromatic carbocycles. The van der Waals surface area contributed by atoms with Gasteiger partial charge in [-0.1, -0.05) is 29.0 Å². The van der Waals surface area contributed by atoms with E-state index in [4.69, 9.17) is 16.3 Å². The molecule has 0 atom stereocenters. The minimum atomic E-state index is -3.81. The average molecular weight is 431 g/mol. The van der Waals surface area contributed by atoms with Crippen LogP contribution in [0.15, 0.2) is 32.9 Å². The van der Waals surface area contributed by atoms with Crippen LogP contribution in [0, 0.1) is 13.8 Å². The molecule has 0 aliphatic carbocycles. The summed E-state index contributed by atoms with van der Waals surface area (Å²) in [5.74, 6) is 0. The van der Waals surface area contributed by atoms with Crippen LogP contribution in [0.1, 0.15) is 18.1 Å². The third-order valence-electron chi connectivity index (χ3n) is 3.78. The van der Waals surface area contributed by atoms with Gasteiger partial charge in [-0.3, -0.25) is 0 Å². The second-order valence-corrected chi connectivity index (χ2v) is 10.3. The molecule has 0 amide bonds. The Morgan fingerprint density at radius 2 is 2.00 bits per heavy atom. The first-order valence-electron chi connectivity index (χ1n) is 8.06. The zero-order valence-corrected chi connectivity index (χ0v) is 17.9. The lowest BCUT2D eigenvalue weighted by Gasteiger charge is -2.07. The van der Waals surface area contributed by atoms with Crippen LogP contribution >= 0.6 is 34.3 Å². The van der Waals surface area contributed by atoms with E-state index in [0.717, 1.165) is 32.7 Å². The normalized spacial score (nSPS) is 13.0. The van der Waals surface area contributed by atoms with Crippen LogP contribution in [0.5, 0.6) is 0 Å². The van der Waals surface area contributed by atoms with E-state index in [2.05, 4.69) is 16.5 Å². The highest BCUT2D eigenvalue weighted by atomic mass is 35.5. The van der Waals surface area contributed by atoms with Crippen molar-refractivity contribution in [2.24, 2.45) is 4.40 Å². The Kier molecular flexibility index (Phi) is 5.88. The first kappa shape index (κ1) is 19.6. The van der Waals surface area contributed by atoms with E-state index in [9.17, 15) is 8.42 Å². The van der Waals surface area contributed by atoms with Gasteiger partial charge in [0.05, 0.1) is 21.2 Å². The van der Waals surface area contributed by atoms with E-state index in [1.165, 1.54) is 17.4 Å². The highest BCUT2D eigenvalue weighted by Gasteiger charge is 2.17. The maximum Gasteiger partial charge on any atom is 0.294 e. The van der Waals surface area contributed by atoms with Gasteiger partial charge in [0.15, 0.2) is 0 Å². The van der Waals surface area contributed by atoms with E-state index in [0.29, 0.717) is 28.9 Å². The lowest BCUT2D eigenvalue weighted by molar-refractivity contribution is 0.139. The molecule has 2 heterocycles. The molecule has 5 nitrogen and oxygen atoms in total. The van der Waals surface area contributed by atoms with Crippen LogP contribution in [0.3, 0.4) is 0 Å². The first-order chi connectivity index (χ1) is 12.3. The zero-order valence-electron chi connectivity index (χ0n) is 14.7. The minimum Gasteiger partial charge on any atom is -0.380 e. The molecule has 140 valence electrons. The van der Waals surface area contributed by atoms with Gasteiger partial charge in [0.25, 0.3) is 10.0 Å². The van der Waals surface area contributed by atoms with Crippen LogP contribution in [0.4, 0.5) is 0 Å². The summed E-state index contributed by atoms with van der Waals surface area (Å²) >= 11 is 8.27. The van der Waals surface area contributed by atoms with Crippen molar-refractivity contribution in [1.29, 1.82) is 0 Å². The van der Waals surface area contributed by atoms with Crippen LogP contribution in [0.2, 0.25) is 4.34 Å². The summed E-state index contributed by atoms with van der Waals surface area (Å²) in [5, 5.41) is 0. The average Bonchev–Trinajstić information content (AvgIpc) is 3.13. The van der Waals surface area contributed by atoms with E-state index in [1.807, 2.05) is 25.3 Å². The Balaban J connectivity index is 2.20. The zero-order chi connectivity index (χ0) is 18.9. The Bertz CT molecular complexity index is 1110. The highest BCUT2D eigenvalue weighted by Crippen LogP contribution is 2.28. The fraction of sp³-hybridized carbons (Fsp3) is 0.353. The molecule has 0 bridgehead atoms. The van der Waals surface area contributed by atoms with Gasteiger partial charge in [0.1, 0.15) is 4.21 Å². The van der Waals surface area contributed by atoms with Gasteiger partial charge in [-0.2, -0.15) is 8.42 Å². The number of rotatable bonds is 6. The van der Waals surface area contributed by atoms with Gasteiger partial charge in [-0.25, -0.2) is 0 Å². The number of hydrogen-bond acceptors (Lipinski definition) is 5. The molecule has 0 radical (unpaired) electrons. The number of ether oxygens (including phenoxy) is 1. The molecule has 3 aromatic rings. The van der Waals surface area contributed by atoms with Gasteiger partial charge in [0, 0.05) is 13.2 Å². The van der Waals surface area contributed by atoms with E-state index in [1.54, 1.807) is 6.07 Å². The summed E-state index contributed by atoms with van der Waals surface area (Å²) < 4.78 is 38.4. The third kappa shape index (κ3) is 4.04. The standard InChI is InChI=1S/C17H19ClN2O3S3/c1-4-23-8-7-20-13-10-11(2)9-12(3)16(13)25-17(20)19-26(21,22)15-6-5-14(18)24-15/h5-6,9-10H,4,7-8H2,1-3H3/b19-17-. The number of sulfonamides is 1. The first-order valence-corrected chi connectivity index (χ1v) is 11.5. The van der Waals surface area contributed by atoms with Crippen LogP contribution < -0.4 is 4.80 Å². The SMILES string of the molecule is CCOCCn1/c(=N/S(=O)(=O)c2ccc(Cl)s2)sc2c(C)cc(C)cc21. The minimum absolute atomic E-state index is 0.143. The number of aromatic nitrogens is 1. The second-order valence-electron chi connectivity index (χ2n) is 5.79. The predicted octanol–water partition coefficient (Wildman–Crippen LogP) is 4.36. The lowest BCUT2D eigenvalue weighted by Crippen LogP contribution is -2.19. The van der Waals surface area contributed by atoms with Gasteiger partial charge in [-0.15, -0.1) is 15.7 Å². The van der Waals surface area contributed by atoms with Crippen LogP contribution in [0.25, 0.3) is 10.2 Å². The number of nitrogens with zero attached hydrogens (tertiary/aromatic N) is 2. The molecule has 0 aliphatic rings. The molecule has 0 saturated carbocycles. The predicted molar refractivity (Wildman–Crippen MR) is 108 cm³/mol. The summed E-state index contributed by atoms with van der Waals surface area (Å²) in [6, 6.07) is 7.19. The van der Waals surface area contributed by atoms with Crippen molar-refractivity contribution < 1.29 is 13.2 Å². The van der Waals surface area contributed by atoms with Crippen molar-refractivity contribution in [2.45, 2.75) is 31.5 Å². The fourth-order valence-electron chi connectivity index (χ4n) is 2.68. The Hall–Kier alpha value is -1.19. The van der Waals surface area contributed by atoms with E-state index in [-0.39, 0.29) is 4.21 Å². The van der Waals surface area contributed by atoms with Crippen LogP contribution in [-0.4, -0.2) is 26.2 Å². The van der Waals surface area contributed by atoms with E-state index < -0.39 is 10.0 Å². The topological polar surface area (TPSA) is 60.7 Å². The number of hydrogen-bond donors (Lipinski definition) is 0. The maximum absolute atomic E-state index is 12.7. The molecule has 0 unspecified atom stereocenters. The fourth-order valence-corrected chi connectivity index (χ4v) is 6.45. The van der Waals surface area contributed by atoms with Gasteiger partial charge in [-0.05, 0) is 50.1 Å². The molecule has 26 heavy (non-hydrogen) atoms. The summed E-state index contributed by atoms with van der Waals surface area (Å²) in [6.45, 7) is 7.62. The molecular formula is C17H19ClN2O3S3. The van der Waals surface area contributed by atoms with Crippen molar-refractivity contribution >= 4 is 54.5 Å². The number of halogens is 1. The van der Waals surface area contributed by atoms with E-state index >= 15 is 0 Å². The molecule has 0 saturated heterocycles. The van der Waals surface area contributed by atoms with Gasteiger partial charge >= 0.3 is 0 Å². The number of fused-ring (bicyclic) bond motifs is 1. The van der Waals surface area contributed by atoms with Crippen LogP contribution in [-0.2, 0) is 21.3 Å². The maximum atomic E-state index is 12.7. The van der Waals surface area contributed by atoms with Crippen molar-refractivity contribution in [2.75, 3.05) is 13.2 Å². The molecular weight excluding hydrogens is 412 g/mol. The Morgan fingerprint density at radius 1 is 1.23 bits per heavy atom. The Morgan fingerprint density at radius 3 is 2.65 bits per heavy atom. The van der Waals surface area contributed by atoms with Crippen molar-refractivity contribution in [3.63, 3.8) is 0 Å². The molecule has 0 fully saturated rings. The van der Waals surface area contributed by atoms with Crippen molar-refractivity contribution in [3.8, 4) is 0 Å². The second kappa shape index (κ2) is 7.82. The van der Waals surface area contributed by atoms with Crippen molar-refractivity contribution in [3.05, 3.63) is 44.5 Å². The number of thiophene rings is 1. The molecule has 3 rings (SSSR count). The molecule has 0 spiro atoms. The van der Waals surface area contributed by atoms with Gasteiger partial charge in [0.2, 0.25) is 4.80 Å². The lowest BCUT2D eigenvalue weighted by atomic mass is 10.1. The third-order valence-corrected chi connectivity index (χ3v) is 8.09. The number of thiazole rings is 1. The van der Waals surface area contributed by atoms with Crippen molar-refractivity contribution in [1.82, 2.24) is 4.57 Å². The molecule has 9 heteroatoms. The summed E-state index contributed by atoms with van der Waals surface area (Å²) in [7, 11) is -3.81. The summed E-state index contributed by atoms with van der Waals surface area (Å²) in [4.78, 5) is 0.443. The molecule has 0 aliphatic heterocycles. The quantitative estimate of drug-likeness (QED) is 0.546. The number of benzene rings is 1. The smallest absolute Gasteiger partial charge is 0.294 e. The molecule has 2 aromatic heterocycles. The summed E-state index contributed by atoms with van der Waals surface area (Å²) in [5.41, 5.74) is 3.20.